The highest BCUT2D eigenvalue weighted by atomic mass is 35.5. The van der Waals surface area contributed by atoms with Crippen molar-refractivity contribution >= 4 is 11.6 Å². The zero-order valence-electron chi connectivity index (χ0n) is 8.33. The zero-order chi connectivity index (χ0) is 10.7. The third-order valence-electron chi connectivity index (χ3n) is 2.08. The monoisotopic (exact) mass is 217 g/mol. The molecule has 0 spiro atoms. The summed E-state index contributed by atoms with van der Waals surface area (Å²) < 4.78 is 5.69. The quantitative estimate of drug-likeness (QED) is 0.731. The van der Waals surface area contributed by atoms with Crippen LogP contribution >= 0.6 is 11.6 Å². The molecule has 2 aromatic carbocycles. The summed E-state index contributed by atoms with van der Waals surface area (Å²) >= 11 is 5.99. The van der Waals surface area contributed by atoms with E-state index in [1.165, 1.54) is 0 Å². The highest BCUT2D eigenvalue weighted by Gasteiger charge is 2.03. The van der Waals surface area contributed by atoms with E-state index in [4.69, 9.17) is 16.3 Å². The molecule has 0 fully saturated rings. The maximum atomic E-state index is 5.99. The summed E-state index contributed by atoms with van der Waals surface area (Å²) in [6.45, 7) is 1.97. The SMILES string of the molecule is Cc1c[c]ccc1Oc1ccccc1Cl. The smallest absolute Gasteiger partial charge is 0.146 e. The van der Waals surface area contributed by atoms with Crippen molar-refractivity contribution in [3.8, 4) is 11.5 Å². The summed E-state index contributed by atoms with van der Waals surface area (Å²) in [5.41, 5.74) is 1.04. The van der Waals surface area contributed by atoms with Crippen molar-refractivity contribution in [3.63, 3.8) is 0 Å². The molecule has 0 bridgehead atoms. The number of hydrogen-bond acceptors (Lipinski definition) is 1. The van der Waals surface area contributed by atoms with Gasteiger partial charge in [-0.15, -0.1) is 0 Å². The minimum Gasteiger partial charge on any atom is -0.456 e. The van der Waals surface area contributed by atoms with Gasteiger partial charge in [-0.3, -0.25) is 0 Å². The van der Waals surface area contributed by atoms with Crippen LogP contribution in [0.25, 0.3) is 0 Å². The van der Waals surface area contributed by atoms with E-state index in [0.717, 1.165) is 11.3 Å². The number of ether oxygens (including phenoxy) is 1. The fourth-order valence-electron chi connectivity index (χ4n) is 1.26. The Balaban J connectivity index is 2.30. The third-order valence-corrected chi connectivity index (χ3v) is 2.39. The summed E-state index contributed by atoms with van der Waals surface area (Å²) in [6, 6.07) is 16.0. The Morgan fingerprint density at radius 2 is 1.93 bits per heavy atom. The van der Waals surface area contributed by atoms with Crippen LogP contribution in [0.1, 0.15) is 5.56 Å². The molecule has 2 heteroatoms. The fraction of sp³-hybridized carbons (Fsp3) is 0.0769. The first-order valence-electron chi connectivity index (χ1n) is 4.66. The lowest BCUT2D eigenvalue weighted by Gasteiger charge is -2.09. The van der Waals surface area contributed by atoms with Crippen LogP contribution in [0.15, 0.2) is 42.5 Å². The Morgan fingerprint density at radius 3 is 2.67 bits per heavy atom. The molecule has 0 aliphatic carbocycles. The van der Waals surface area contributed by atoms with Crippen LogP contribution < -0.4 is 4.74 Å². The third kappa shape index (κ3) is 2.31. The van der Waals surface area contributed by atoms with Gasteiger partial charge in [-0.1, -0.05) is 29.8 Å². The van der Waals surface area contributed by atoms with Gasteiger partial charge in [0.2, 0.25) is 0 Å². The van der Waals surface area contributed by atoms with E-state index in [-0.39, 0.29) is 0 Å². The molecule has 75 valence electrons. The highest BCUT2D eigenvalue weighted by molar-refractivity contribution is 6.32. The molecule has 0 amide bonds. The van der Waals surface area contributed by atoms with E-state index >= 15 is 0 Å². The topological polar surface area (TPSA) is 9.23 Å². The summed E-state index contributed by atoms with van der Waals surface area (Å²) in [5, 5.41) is 0.615. The number of aryl methyl sites for hydroxylation is 1. The van der Waals surface area contributed by atoms with Crippen molar-refractivity contribution in [3.05, 3.63) is 59.1 Å². The second kappa shape index (κ2) is 4.37. The number of rotatable bonds is 2. The van der Waals surface area contributed by atoms with E-state index in [1.807, 2.05) is 43.3 Å². The first kappa shape index (κ1) is 10.1. The lowest BCUT2D eigenvalue weighted by atomic mass is 10.2. The van der Waals surface area contributed by atoms with E-state index in [1.54, 1.807) is 6.07 Å². The van der Waals surface area contributed by atoms with Gasteiger partial charge in [0.05, 0.1) is 5.02 Å². The van der Waals surface area contributed by atoms with E-state index in [2.05, 4.69) is 6.07 Å². The lowest BCUT2D eigenvalue weighted by Crippen LogP contribution is -1.87. The van der Waals surface area contributed by atoms with E-state index in [9.17, 15) is 0 Å². The van der Waals surface area contributed by atoms with Crippen LogP contribution in [0.2, 0.25) is 5.02 Å². The van der Waals surface area contributed by atoms with Gasteiger partial charge in [-0.25, -0.2) is 0 Å². The van der Waals surface area contributed by atoms with Crippen LogP contribution in [0, 0.1) is 13.0 Å². The molecule has 0 saturated carbocycles. The maximum absolute atomic E-state index is 5.99. The normalized spacial score (nSPS) is 10.0. The zero-order valence-corrected chi connectivity index (χ0v) is 9.08. The largest absolute Gasteiger partial charge is 0.456 e. The Morgan fingerprint density at radius 1 is 1.13 bits per heavy atom. The Hall–Kier alpha value is -1.47. The van der Waals surface area contributed by atoms with Gasteiger partial charge >= 0.3 is 0 Å². The number of hydrogen-bond donors (Lipinski definition) is 0. The predicted molar refractivity (Wildman–Crippen MR) is 61.5 cm³/mol. The van der Waals surface area contributed by atoms with Crippen LogP contribution in [0.4, 0.5) is 0 Å². The highest BCUT2D eigenvalue weighted by Crippen LogP contribution is 2.30. The van der Waals surface area contributed by atoms with Gasteiger partial charge in [-0.2, -0.15) is 0 Å². The van der Waals surface area contributed by atoms with E-state index in [0.29, 0.717) is 10.8 Å². The van der Waals surface area contributed by atoms with Crippen LogP contribution in [0.5, 0.6) is 11.5 Å². The average Bonchev–Trinajstić information content (AvgIpc) is 2.24. The maximum Gasteiger partial charge on any atom is 0.146 e. The van der Waals surface area contributed by atoms with Crippen LogP contribution in [-0.2, 0) is 0 Å². The van der Waals surface area contributed by atoms with Crippen LogP contribution in [-0.4, -0.2) is 0 Å². The molecule has 0 aliphatic heterocycles. The summed E-state index contributed by atoms with van der Waals surface area (Å²) in [5.74, 6) is 1.48. The number of halogens is 1. The molecule has 0 unspecified atom stereocenters. The molecule has 2 aromatic rings. The molecule has 0 saturated heterocycles. The van der Waals surface area contributed by atoms with Crippen molar-refractivity contribution < 1.29 is 4.74 Å². The van der Waals surface area contributed by atoms with Crippen molar-refractivity contribution in [2.75, 3.05) is 0 Å². The first-order valence-corrected chi connectivity index (χ1v) is 5.04. The van der Waals surface area contributed by atoms with Crippen molar-refractivity contribution in [1.29, 1.82) is 0 Å². The van der Waals surface area contributed by atoms with Gasteiger partial charge in [0.1, 0.15) is 11.5 Å². The van der Waals surface area contributed by atoms with Crippen molar-refractivity contribution in [2.24, 2.45) is 0 Å². The summed E-state index contributed by atoms with van der Waals surface area (Å²) in [4.78, 5) is 0. The molecule has 1 nitrogen and oxygen atoms in total. The first-order chi connectivity index (χ1) is 7.27. The molecule has 0 atom stereocenters. The number of para-hydroxylation sites is 1. The fourth-order valence-corrected chi connectivity index (χ4v) is 1.43. The molecule has 1 radical (unpaired) electrons. The Bertz CT molecular complexity index is 422. The molecule has 2 rings (SSSR count). The predicted octanol–water partition coefficient (Wildman–Crippen LogP) is 4.24. The molecule has 0 aromatic heterocycles. The molecular formula is C13H10ClO. The molecule has 15 heavy (non-hydrogen) atoms. The standard InChI is InChI=1S/C13H10ClO/c1-10-6-2-4-8-12(10)15-13-9-5-3-7-11(13)14/h3-9H,1H3. The molecule has 0 aliphatic rings. The van der Waals surface area contributed by atoms with Gasteiger partial charge in [0.15, 0.2) is 0 Å². The Kier molecular flexibility index (Phi) is 2.93. The van der Waals surface area contributed by atoms with Crippen molar-refractivity contribution in [2.45, 2.75) is 6.92 Å². The molecule has 0 heterocycles. The van der Waals surface area contributed by atoms with Gasteiger partial charge < -0.3 is 4.74 Å². The van der Waals surface area contributed by atoms with Gasteiger partial charge in [0, 0.05) is 0 Å². The summed E-state index contributed by atoms with van der Waals surface area (Å²) in [6.07, 6.45) is 0. The molecule has 0 N–H and O–H groups in total. The van der Waals surface area contributed by atoms with Crippen molar-refractivity contribution in [1.82, 2.24) is 0 Å². The summed E-state index contributed by atoms with van der Waals surface area (Å²) in [7, 11) is 0. The lowest BCUT2D eigenvalue weighted by molar-refractivity contribution is 0.479. The minimum atomic E-state index is 0.615. The Labute approximate surface area is 94.3 Å². The minimum absolute atomic E-state index is 0.615. The van der Waals surface area contributed by atoms with Gasteiger partial charge in [0.25, 0.3) is 0 Å². The van der Waals surface area contributed by atoms with Crippen LogP contribution in [0.3, 0.4) is 0 Å². The molecular weight excluding hydrogens is 208 g/mol. The van der Waals surface area contributed by atoms with E-state index < -0.39 is 0 Å². The average molecular weight is 218 g/mol. The second-order valence-corrected chi connectivity index (χ2v) is 3.63. The number of benzene rings is 2. The van der Waals surface area contributed by atoms with Gasteiger partial charge in [-0.05, 0) is 42.8 Å². The second-order valence-electron chi connectivity index (χ2n) is 3.22.